The lowest BCUT2D eigenvalue weighted by atomic mass is 9.96. The minimum Gasteiger partial charge on any atom is -0.490 e. The Morgan fingerprint density at radius 3 is 2.25 bits per heavy atom. The fourth-order valence-electron chi connectivity index (χ4n) is 2.19. The molecule has 0 fully saturated rings. The molecule has 0 bridgehead atoms. The monoisotopic (exact) mass is 282 g/mol. The average molecular weight is 282 g/mol. The predicted octanol–water partition coefficient (Wildman–Crippen LogP) is 2.13. The number of nitrogens with one attached hydrogen (secondary N) is 2. The van der Waals surface area contributed by atoms with Crippen LogP contribution in [0.2, 0.25) is 0 Å². The van der Waals surface area contributed by atoms with Gasteiger partial charge in [-0.2, -0.15) is 0 Å². The van der Waals surface area contributed by atoms with Gasteiger partial charge in [-0.3, -0.25) is 0 Å². The minimum absolute atomic E-state index is 0.295. The summed E-state index contributed by atoms with van der Waals surface area (Å²) in [6.07, 6.45) is 3.00. The summed E-state index contributed by atoms with van der Waals surface area (Å²) in [5, 5.41) is 16.4. The van der Waals surface area contributed by atoms with Crippen LogP contribution in [-0.4, -0.2) is 41.4 Å². The van der Waals surface area contributed by atoms with Crippen LogP contribution in [0.1, 0.15) is 33.6 Å². The maximum Gasteiger partial charge on any atom is 0.204 e. The third kappa shape index (κ3) is 4.23. The second kappa shape index (κ2) is 8.58. The summed E-state index contributed by atoms with van der Waals surface area (Å²) in [6.45, 7) is 7.37. The predicted molar refractivity (Wildman–Crippen MR) is 81.3 cm³/mol. The molecule has 1 aromatic heterocycles. The van der Waals surface area contributed by atoms with Gasteiger partial charge in [0.15, 0.2) is 11.6 Å². The molecule has 1 aromatic rings. The second-order valence-corrected chi connectivity index (χ2v) is 4.66. The lowest BCUT2D eigenvalue weighted by molar-refractivity contribution is 0.114. The van der Waals surface area contributed by atoms with Gasteiger partial charge in [0.1, 0.15) is 6.33 Å². The summed E-state index contributed by atoms with van der Waals surface area (Å²) in [5.74, 6) is 2.13. The van der Waals surface area contributed by atoms with Crippen molar-refractivity contribution in [3.8, 4) is 5.75 Å². The standard InChI is InChI=1S/C14H26N4O2/c1-5-10(6-2)11(19)8-16-14-12(20-4)13(15-7-3)17-9-18-14/h9-11,19H,5-8H2,1-4H3,(H2,15,16,17,18). The Bertz CT molecular complexity index is 397. The summed E-state index contributed by atoms with van der Waals surface area (Å²) in [5.41, 5.74) is 0. The molecule has 1 heterocycles. The number of hydrogen-bond donors (Lipinski definition) is 3. The first-order valence-electron chi connectivity index (χ1n) is 7.22. The van der Waals surface area contributed by atoms with Crippen LogP contribution in [0.3, 0.4) is 0 Å². The van der Waals surface area contributed by atoms with E-state index in [1.807, 2.05) is 6.92 Å². The Morgan fingerprint density at radius 1 is 1.15 bits per heavy atom. The number of hydrogen-bond acceptors (Lipinski definition) is 6. The third-order valence-corrected chi connectivity index (χ3v) is 3.42. The van der Waals surface area contributed by atoms with Crippen LogP contribution >= 0.6 is 0 Å². The molecule has 3 N–H and O–H groups in total. The molecule has 0 saturated heterocycles. The SMILES string of the molecule is CCNc1ncnc(NCC(O)C(CC)CC)c1OC. The van der Waals surface area contributed by atoms with E-state index in [0.29, 0.717) is 29.8 Å². The Morgan fingerprint density at radius 2 is 1.75 bits per heavy atom. The molecule has 20 heavy (non-hydrogen) atoms. The van der Waals surface area contributed by atoms with E-state index in [0.717, 1.165) is 19.4 Å². The molecule has 1 unspecified atom stereocenters. The van der Waals surface area contributed by atoms with Gasteiger partial charge in [-0.25, -0.2) is 9.97 Å². The molecular weight excluding hydrogens is 256 g/mol. The van der Waals surface area contributed by atoms with Crippen molar-refractivity contribution in [1.82, 2.24) is 9.97 Å². The number of nitrogens with zero attached hydrogens (tertiary/aromatic N) is 2. The van der Waals surface area contributed by atoms with Crippen molar-refractivity contribution in [3.05, 3.63) is 6.33 Å². The molecule has 0 aliphatic heterocycles. The largest absolute Gasteiger partial charge is 0.490 e. The summed E-state index contributed by atoms with van der Waals surface area (Å²) in [6, 6.07) is 0. The van der Waals surface area contributed by atoms with Gasteiger partial charge in [0.25, 0.3) is 0 Å². The first kappa shape index (κ1) is 16.5. The number of methoxy groups -OCH3 is 1. The zero-order chi connectivity index (χ0) is 15.0. The maximum atomic E-state index is 10.1. The number of aliphatic hydroxyl groups is 1. The van der Waals surface area contributed by atoms with E-state index in [2.05, 4.69) is 34.4 Å². The van der Waals surface area contributed by atoms with E-state index >= 15 is 0 Å². The molecule has 1 atom stereocenters. The summed E-state index contributed by atoms with van der Waals surface area (Å²) < 4.78 is 5.34. The van der Waals surface area contributed by atoms with Crippen molar-refractivity contribution in [1.29, 1.82) is 0 Å². The Kier molecular flexibility index (Phi) is 7.08. The molecule has 0 amide bonds. The highest BCUT2D eigenvalue weighted by Crippen LogP contribution is 2.28. The van der Waals surface area contributed by atoms with Gasteiger partial charge in [0.2, 0.25) is 5.75 Å². The first-order chi connectivity index (χ1) is 9.67. The molecular formula is C14H26N4O2. The molecule has 6 nitrogen and oxygen atoms in total. The van der Waals surface area contributed by atoms with Gasteiger partial charge < -0.3 is 20.5 Å². The van der Waals surface area contributed by atoms with Crippen LogP contribution in [0.5, 0.6) is 5.75 Å². The smallest absolute Gasteiger partial charge is 0.204 e. The lowest BCUT2D eigenvalue weighted by Crippen LogP contribution is -2.28. The van der Waals surface area contributed by atoms with E-state index in [-0.39, 0.29) is 0 Å². The molecule has 0 saturated carbocycles. The van der Waals surface area contributed by atoms with E-state index in [4.69, 9.17) is 4.74 Å². The minimum atomic E-state index is -0.396. The highest BCUT2D eigenvalue weighted by atomic mass is 16.5. The van der Waals surface area contributed by atoms with Crippen molar-refractivity contribution in [2.45, 2.75) is 39.7 Å². The van der Waals surface area contributed by atoms with Crippen molar-refractivity contribution in [2.24, 2.45) is 5.92 Å². The van der Waals surface area contributed by atoms with Crippen LogP contribution in [0.4, 0.5) is 11.6 Å². The molecule has 6 heteroatoms. The summed E-state index contributed by atoms with van der Waals surface area (Å²) in [7, 11) is 1.59. The van der Waals surface area contributed by atoms with Gasteiger partial charge in [0.05, 0.1) is 13.2 Å². The van der Waals surface area contributed by atoms with Gasteiger partial charge >= 0.3 is 0 Å². The fraction of sp³-hybridized carbons (Fsp3) is 0.714. The van der Waals surface area contributed by atoms with Gasteiger partial charge in [-0.1, -0.05) is 26.7 Å². The van der Waals surface area contributed by atoms with Crippen LogP contribution in [-0.2, 0) is 0 Å². The molecule has 0 aromatic carbocycles. The van der Waals surface area contributed by atoms with E-state index in [1.165, 1.54) is 6.33 Å². The number of aliphatic hydroxyl groups excluding tert-OH is 1. The number of anilines is 2. The quantitative estimate of drug-likeness (QED) is 0.644. The molecule has 0 aliphatic rings. The Hall–Kier alpha value is -1.56. The zero-order valence-corrected chi connectivity index (χ0v) is 12.8. The average Bonchev–Trinajstić information content (AvgIpc) is 2.46. The lowest BCUT2D eigenvalue weighted by Gasteiger charge is -2.21. The highest BCUT2D eigenvalue weighted by molar-refractivity contribution is 5.63. The fourth-order valence-corrected chi connectivity index (χ4v) is 2.19. The van der Waals surface area contributed by atoms with Crippen LogP contribution in [0, 0.1) is 5.92 Å². The van der Waals surface area contributed by atoms with E-state index in [9.17, 15) is 5.11 Å². The normalized spacial score (nSPS) is 12.3. The second-order valence-electron chi connectivity index (χ2n) is 4.66. The number of ether oxygens (including phenoxy) is 1. The summed E-state index contributed by atoms with van der Waals surface area (Å²) >= 11 is 0. The Labute approximate surface area is 121 Å². The topological polar surface area (TPSA) is 79.3 Å². The van der Waals surface area contributed by atoms with Crippen LogP contribution in [0.25, 0.3) is 0 Å². The molecule has 0 radical (unpaired) electrons. The van der Waals surface area contributed by atoms with Crippen molar-refractivity contribution in [3.63, 3.8) is 0 Å². The van der Waals surface area contributed by atoms with Crippen molar-refractivity contribution >= 4 is 11.6 Å². The Balaban J connectivity index is 2.74. The molecule has 0 aliphatic carbocycles. The van der Waals surface area contributed by atoms with Crippen LogP contribution in [0.15, 0.2) is 6.33 Å². The van der Waals surface area contributed by atoms with Gasteiger partial charge in [-0.05, 0) is 12.8 Å². The van der Waals surface area contributed by atoms with Crippen LogP contribution < -0.4 is 15.4 Å². The van der Waals surface area contributed by atoms with Crippen molar-refractivity contribution in [2.75, 3.05) is 30.8 Å². The number of rotatable bonds is 9. The van der Waals surface area contributed by atoms with Gasteiger partial charge in [0, 0.05) is 13.1 Å². The van der Waals surface area contributed by atoms with E-state index in [1.54, 1.807) is 7.11 Å². The molecule has 0 spiro atoms. The zero-order valence-electron chi connectivity index (χ0n) is 12.8. The first-order valence-corrected chi connectivity index (χ1v) is 7.22. The molecule has 114 valence electrons. The highest BCUT2D eigenvalue weighted by Gasteiger charge is 2.17. The van der Waals surface area contributed by atoms with Crippen molar-refractivity contribution < 1.29 is 9.84 Å². The number of aromatic nitrogens is 2. The molecule has 1 rings (SSSR count). The maximum absolute atomic E-state index is 10.1. The van der Waals surface area contributed by atoms with Gasteiger partial charge in [-0.15, -0.1) is 0 Å². The summed E-state index contributed by atoms with van der Waals surface area (Å²) in [4.78, 5) is 8.32. The van der Waals surface area contributed by atoms with E-state index < -0.39 is 6.10 Å². The third-order valence-electron chi connectivity index (χ3n) is 3.42.